The molecule has 3 N–H and O–H groups in total. The zero-order valence-electron chi connectivity index (χ0n) is 10.5. The Balaban J connectivity index is 2.87. The molecular formula is C12H15F3N2O2. The van der Waals surface area contributed by atoms with Crippen molar-refractivity contribution in [3.05, 3.63) is 29.8 Å². The maximum Gasteiger partial charge on any atom is 0.419 e. The van der Waals surface area contributed by atoms with E-state index in [0.717, 1.165) is 6.07 Å². The number of benzene rings is 1. The Morgan fingerprint density at radius 3 is 2.42 bits per heavy atom. The third-order valence-corrected chi connectivity index (χ3v) is 2.53. The average molecular weight is 276 g/mol. The number of carbonyl (C=O) groups is 1. The van der Waals surface area contributed by atoms with Gasteiger partial charge in [0.2, 0.25) is 5.91 Å². The number of hydrogen-bond acceptors (Lipinski definition) is 3. The molecule has 1 aromatic rings. The maximum absolute atomic E-state index is 12.7. The Labute approximate surface area is 108 Å². The fourth-order valence-electron chi connectivity index (χ4n) is 1.35. The zero-order chi connectivity index (χ0) is 14.7. The lowest BCUT2D eigenvalue weighted by Crippen LogP contribution is -2.44. The molecule has 0 aliphatic heterocycles. The summed E-state index contributed by atoms with van der Waals surface area (Å²) in [4.78, 5) is 11.4. The largest absolute Gasteiger partial charge is 0.492 e. The SMILES string of the molecule is CC(C)(COc1ccccc1C(F)(F)F)C(=O)NN. The fraction of sp³-hybridized carbons (Fsp3) is 0.417. The molecule has 0 aliphatic rings. The van der Waals surface area contributed by atoms with Crippen LogP contribution in [0.1, 0.15) is 19.4 Å². The number of hydrazine groups is 1. The molecule has 0 fully saturated rings. The van der Waals surface area contributed by atoms with Crippen LogP contribution >= 0.6 is 0 Å². The highest BCUT2D eigenvalue weighted by Crippen LogP contribution is 2.36. The lowest BCUT2D eigenvalue weighted by atomic mass is 9.94. The van der Waals surface area contributed by atoms with Gasteiger partial charge in [-0.15, -0.1) is 0 Å². The van der Waals surface area contributed by atoms with E-state index in [1.54, 1.807) is 0 Å². The van der Waals surface area contributed by atoms with Crippen LogP contribution in [-0.2, 0) is 11.0 Å². The van der Waals surface area contributed by atoms with Gasteiger partial charge in [0, 0.05) is 0 Å². The summed E-state index contributed by atoms with van der Waals surface area (Å²) in [6.07, 6.45) is -4.50. The van der Waals surface area contributed by atoms with Crippen molar-refractivity contribution in [1.82, 2.24) is 5.43 Å². The first-order valence-electron chi connectivity index (χ1n) is 5.48. The van der Waals surface area contributed by atoms with Crippen molar-refractivity contribution in [2.45, 2.75) is 20.0 Å². The lowest BCUT2D eigenvalue weighted by molar-refractivity contribution is -0.139. The number of rotatable bonds is 4. The minimum Gasteiger partial charge on any atom is -0.492 e. The van der Waals surface area contributed by atoms with Crippen LogP contribution in [0, 0.1) is 5.41 Å². The van der Waals surface area contributed by atoms with E-state index < -0.39 is 23.1 Å². The first-order chi connectivity index (χ1) is 8.68. The second-order valence-corrected chi connectivity index (χ2v) is 4.64. The number of ether oxygens (including phenoxy) is 1. The molecule has 0 aromatic heterocycles. The second-order valence-electron chi connectivity index (χ2n) is 4.64. The summed E-state index contributed by atoms with van der Waals surface area (Å²) in [7, 11) is 0. The van der Waals surface area contributed by atoms with Gasteiger partial charge in [-0.25, -0.2) is 5.84 Å². The Morgan fingerprint density at radius 2 is 1.89 bits per heavy atom. The van der Waals surface area contributed by atoms with E-state index >= 15 is 0 Å². The molecule has 1 aromatic carbocycles. The lowest BCUT2D eigenvalue weighted by Gasteiger charge is -2.23. The molecule has 0 heterocycles. The van der Waals surface area contributed by atoms with Crippen molar-refractivity contribution in [3.8, 4) is 5.75 Å². The summed E-state index contributed by atoms with van der Waals surface area (Å²) in [6.45, 7) is 2.82. The van der Waals surface area contributed by atoms with Crippen LogP contribution in [0.2, 0.25) is 0 Å². The zero-order valence-corrected chi connectivity index (χ0v) is 10.5. The normalized spacial score (nSPS) is 12.1. The molecule has 0 saturated heterocycles. The minimum atomic E-state index is -4.50. The highest BCUT2D eigenvalue weighted by Gasteiger charge is 2.35. The molecule has 4 nitrogen and oxygen atoms in total. The van der Waals surface area contributed by atoms with Gasteiger partial charge in [-0.3, -0.25) is 10.2 Å². The van der Waals surface area contributed by atoms with Crippen LogP contribution in [0.25, 0.3) is 0 Å². The van der Waals surface area contributed by atoms with Gasteiger partial charge in [-0.05, 0) is 26.0 Å². The molecule has 1 rings (SSSR count). The number of carbonyl (C=O) groups excluding carboxylic acids is 1. The van der Waals surface area contributed by atoms with E-state index in [-0.39, 0.29) is 12.4 Å². The number of nitrogens with one attached hydrogen (secondary N) is 1. The van der Waals surface area contributed by atoms with Crippen LogP contribution in [-0.4, -0.2) is 12.5 Å². The third-order valence-electron chi connectivity index (χ3n) is 2.53. The second kappa shape index (κ2) is 5.48. The quantitative estimate of drug-likeness (QED) is 0.503. The van der Waals surface area contributed by atoms with Crippen LogP contribution in [0.4, 0.5) is 13.2 Å². The number of halogens is 3. The summed E-state index contributed by atoms with van der Waals surface area (Å²) >= 11 is 0. The first kappa shape index (κ1) is 15.3. The van der Waals surface area contributed by atoms with Crippen LogP contribution < -0.4 is 16.0 Å². The topological polar surface area (TPSA) is 64.3 Å². The predicted molar refractivity (Wildman–Crippen MR) is 63.1 cm³/mol. The van der Waals surface area contributed by atoms with E-state index in [9.17, 15) is 18.0 Å². The minimum absolute atomic E-state index is 0.219. The van der Waals surface area contributed by atoms with Gasteiger partial charge in [0.05, 0.1) is 11.0 Å². The molecule has 0 unspecified atom stereocenters. The van der Waals surface area contributed by atoms with Crippen molar-refractivity contribution >= 4 is 5.91 Å². The van der Waals surface area contributed by atoms with E-state index in [2.05, 4.69) is 0 Å². The number of para-hydroxylation sites is 1. The maximum atomic E-state index is 12.7. The number of hydrogen-bond donors (Lipinski definition) is 2. The number of nitrogens with two attached hydrogens (primary N) is 1. The monoisotopic (exact) mass is 276 g/mol. The molecule has 0 saturated carbocycles. The molecule has 0 aliphatic carbocycles. The fourth-order valence-corrected chi connectivity index (χ4v) is 1.35. The van der Waals surface area contributed by atoms with Gasteiger partial charge < -0.3 is 4.74 Å². The van der Waals surface area contributed by atoms with E-state index in [4.69, 9.17) is 10.6 Å². The third kappa shape index (κ3) is 3.85. The molecule has 0 spiro atoms. The molecule has 106 valence electrons. The van der Waals surface area contributed by atoms with Crippen LogP contribution in [0.5, 0.6) is 5.75 Å². The Morgan fingerprint density at radius 1 is 1.32 bits per heavy atom. The highest BCUT2D eigenvalue weighted by atomic mass is 19.4. The van der Waals surface area contributed by atoms with Crippen molar-refractivity contribution < 1.29 is 22.7 Å². The van der Waals surface area contributed by atoms with E-state index in [1.165, 1.54) is 32.0 Å². The summed E-state index contributed by atoms with van der Waals surface area (Å²) < 4.78 is 43.3. The summed E-state index contributed by atoms with van der Waals surface area (Å²) in [5.41, 5.74) is 0.0350. The van der Waals surface area contributed by atoms with Crippen molar-refractivity contribution in [3.63, 3.8) is 0 Å². The van der Waals surface area contributed by atoms with Gasteiger partial charge in [0.1, 0.15) is 12.4 Å². The molecule has 19 heavy (non-hydrogen) atoms. The molecule has 0 atom stereocenters. The van der Waals surface area contributed by atoms with Gasteiger partial charge in [0.25, 0.3) is 0 Å². The molecule has 0 radical (unpaired) electrons. The van der Waals surface area contributed by atoms with Gasteiger partial charge in [-0.1, -0.05) is 12.1 Å². The number of alkyl halides is 3. The number of amides is 1. The van der Waals surface area contributed by atoms with Crippen molar-refractivity contribution in [1.29, 1.82) is 0 Å². The molecule has 7 heteroatoms. The Bertz CT molecular complexity index is 459. The average Bonchev–Trinajstić information content (AvgIpc) is 2.34. The summed E-state index contributed by atoms with van der Waals surface area (Å²) in [5.74, 6) is 4.16. The standard InChI is InChI=1S/C12H15F3N2O2/c1-11(2,10(18)17-16)7-19-9-6-4-3-5-8(9)12(13,14)15/h3-6H,7,16H2,1-2H3,(H,17,18). The van der Waals surface area contributed by atoms with E-state index in [0.29, 0.717) is 0 Å². The molecule has 1 amide bonds. The van der Waals surface area contributed by atoms with Crippen molar-refractivity contribution in [2.24, 2.45) is 11.3 Å². The molecule has 0 bridgehead atoms. The predicted octanol–water partition coefficient (Wildman–Crippen LogP) is 2.10. The summed E-state index contributed by atoms with van der Waals surface area (Å²) in [6, 6.07) is 4.83. The smallest absolute Gasteiger partial charge is 0.419 e. The Kier molecular flexibility index (Phi) is 4.41. The Hall–Kier alpha value is -1.76. The van der Waals surface area contributed by atoms with Crippen LogP contribution in [0.3, 0.4) is 0 Å². The van der Waals surface area contributed by atoms with Crippen molar-refractivity contribution in [2.75, 3.05) is 6.61 Å². The van der Waals surface area contributed by atoms with Gasteiger partial charge in [0.15, 0.2) is 0 Å². The highest BCUT2D eigenvalue weighted by molar-refractivity contribution is 5.81. The van der Waals surface area contributed by atoms with Gasteiger partial charge >= 0.3 is 6.18 Å². The first-order valence-corrected chi connectivity index (χ1v) is 5.48. The van der Waals surface area contributed by atoms with E-state index in [1.807, 2.05) is 5.43 Å². The van der Waals surface area contributed by atoms with Gasteiger partial charge in [-0.2, -0.15) is 13.2 Å². The summed E-state index contributed by atoms with van der Waals surface area (Å²) in [5, 5.41) is 0. The molecular weight excluding hydrogens is 261 g/mol. The van der Waals surface area contributed by atoms with Crippen LogP contribution in [0.15, 0.2) is 24.3 Å².